The van der Waals surface area contributed by atoms with Crippen LogP contribution in [0.15, 0.2) is 71.7 Å². The molecule has 0 aliphatic rings. The number of carbonyl (C=O) groups is 1. The molecule has 32 heavy (non-hydrogen) atoms. The normalized spacial score (nSPS) is 10.7. The smallest absolute Gasteiger partial charge is 0.323 e. The summed E-state index contributed by atoms with van der Waals surface area (Å²) in [5.74, 6) is 0.556. The number of ether oxygens (including phenoxy) is 1. The minimum Gasteiger partial charge on any atom is -0.487 e. The maximum Gasteiger partial charge on any atom is 0.323 e. The number of amides is 2. The number of benzene rings is 2. The average Bonchev–Trinajstić information content (AvgIpc) is 2.76. The lowest BCUT2D eigenvalue weighted by Crippen LogP contribution is -2.20. The summed E-state index contributed by atoms with van der Waals surface area (Å²) in [6, 6.07) is 17.7. The van der Waals surface area contributed by atoms with Crippen molar-refractivity contribution in [2.24, 2.45) is 0 Å². The molecular weight excluding hydrogens is 404 g/mol. The van der Waals surface area contributed by atoms with Gasteiger partial charge < -0.3 is 15.4 Å². The summed E-state index contributed by atoms with van der Waals surface area (Å²) in [5.41, 5.74) is 5.41. The number of fused-ring (bicyclic) bond motifs is 1. The minimum atomic E-state index is -0.338. The Bertz CT molecular complexity index is 1360. The Kier molecular flexibility index (Phi) is 5.89. The topological polar surface area (TPSA) is 84.7 Å². The Hall–Kier alpha value is -4.13. The highest BCUT2D eigenvalue weighted by Gasteiger charge is 2.08. The van der Waals surface area contributed by atoms with Gasteiger partial charge in [-0.1, -0.05) is 24.3 Å². The molecule has 0 aliphatic heterocycles. The average molecular weight is 428 g/mol. The van der Waals surface area contributed by atoms with Gasteiger partial charge in [0.15, 0.2) is 0 Å². The molecule has 0 fully saturated rings. The van der Waals surface area contributed by atoms with E-state index in [1.165, 1.54) is 10.5 Å². The van der Waals surface area contributed by atoms with Crippen LogP contribution in [0.25, 0.3) is 5.65 Å². The van der Waals surface area contributed by atoms with Crippen LogP contribution in [0.5, 0.6) is 5.75 Å². The predicted octanol–water partition coefficient (Wildman–Crippen LogP) is 4.84. The Labute approximate surface area is 185 Å². The number of hydrogen-bond acceptors (Lipinski definition) is 4. The van der Waals surface area contributed by atoms with Gasteiger partial charge in [0.2, 0.25) is 0 Å². The summed E-state index contributed by atoms with van der Waals surface area (Å²) in [7, 11) is 0. The Morgan fingerprint density at radius 3 is 2.66 bits per heavy atom. The van der Waals surface area contributed by atoms with E-state index in [2.05, 4.69) is 15.6 Å². The van der Waals surface area contributed by atoms with E-state index in [-0.39, 0.29) is 18.2 Å². The number of aryl methyl sites for hydroxylation is 2. The monoisotopic (exact) mass is 428 g/mol. The number of carbonyl (C=O) groups excluding carboxylic acids is 1. The van der Waals surface area contributed by atoms with Gasteiger partial charge in [-0.15, -0.1) is 0 Å². The number of nitrogens with one attached hydrogen (secondary N) is 2. The lowest BCUT2D eigenvalue weighted by atomic mass is 10.1. The second kappa shape index (κ2) is 8.93. The fraction of sp³-hybridized carbons (Fsp3) is 0.160. The Balaban J connectivity index is 1.42. The standard InChI is InChI=1S/C25H24N4O3/c1-16-10-11-23-26-20(13-24(30)29(23)14-16)15-32-21-8-5-7-19(12-21)27-25(31)28-22-9-4-6-17(2)18(22)3/h4-14H,15H2,1-3H3,(H2,27,28,31). The first-order valence-electron chi connectivity index (χ1n) is 10.2. The molecule has 4 rings (SSSR count). The van der Waals surface area contributed by atoms with Crippen LogP contribution in [0, 0.1) is 20.8 Å². The SMILES string of the molecule is Cc1ccc2nc(COc3cccc(NC(=O)Nc4cccc(C)c4C)c3)cc(=O)n2c1. The lowest BCUT2D eigenvalue weighted by molar-refractivity contribution is 0.262. The van der Waals surface area contributed by atoms with E-state index < -0.39 is 0 Å². The van der Waals surface area contributed by atoms with Crippen molar-refractivity contribution >= 4 is 23.1 Å². The van der Waals surface area contributed by atoms with Crippen LogP contribution in [-0.2, 0) is 6.61 Å². The molecule has 0 atom stereocenters. The highest BCUT2D eigenvalue weighted by molar-refractivity contribution is 6.00. The van der Waals surface area contributed by atoms with Crippen molar-refractivity contribution in [2.45, 2.75) is 27.4 Å². The van der Waals surface area contributed by atoms with Crippen LogP contribution in [0.1, 0.15) is 22.4 Å². The van der Waals surface area contributed by atoms with E-state index in [1.807, 2.05) is 45.0 Å². The third kappa shape index (κ3) is 4.78. The van der Waals surface area contributed by atoms with Crippen LogP contribution in [0.3, 0.4) is 0 Å². The molecule has 0 saturated heterocycles. The number of pyridine rings is 1. The van der Waals surface area contributed by atoms with Crippen LogP contribution < -0.4 is 20.9 Å². The number of hydrogen-bond donors (Lipinski definition) is 2. The van der Waals surface area contributed by atoms with Gasteiger partial charge in [0.05, 0.1) is 5.69 Å². The second-order valence-electron chi connectivity index (χ2n) is 7.66. The fourth-order valence-corrected chi connectivity index (χ4v) is 3.32. The van der Waals surface area contributed by atoms with Crippen molar-refractivity contribution in [3.8, 4) is 5.75 Å². The highest BCUT2D eigenvalue weighted by Crippen LogP contribution is 2.21. The molecule has 2 heterocycles. The van der Waals surface area contributed by atoms with Gasteiger partial charge in [0, 0.05) is 29.7 Å². The van der Waals surface area contributed by atoms with Crippen molar-refractivity contribution in [3.63, 3.8) is 0 Å². The predicted molar refractivity (Wildman–Crippen MR) is 126 cm³/mol. The number of nitrogens with zero attached hydrogens (tertiary/aromatic N) is 2. The lowest BCUT2D eigenvalue weighted by Gasteiger charge is -2.12. The van der Waals surface area contributed by atoms with Crippen molar-refractivity contribution in [1.82, 2.24) is 9.38 Å². The molecule has 0 aliphatic carbocycles. The zero-order chi connectivity index (χ0) is 22.7. The summed E-state index contributed by atoms with van der Waals surface area (Å²) in [6.45, 7) is 6.02. The molecule has 0 radical (unpaired) electrons. The number of urea groups is 1. The molecule has 0 saturated carbocycles. The maximum atomic E-state index is 12.4. The molecule has 162 valence electrons. The molecule has 2 aromatic heterocycles. The zero-order valence-corrected chi connectivity index (χ0v) is 18.2. The van der Waals surface area contributed by atoms with Crippen molar-refractivity contribution in [2.75, 3.05) is 10.6 Å². The first-order chi connectivity index (χ1) is 15.4. The van der Waals surface area contributed by atoms with Crippen LogP contribution >= 0.6 is 0 Å². The largest absolute Gasteiger partial charge is 0.487 e. The molecular formula is C25H24N4O3. The number of anilines is 2. The first kappa shape index (κ1) is 21.1. The summed E-state index contributed by atoms with van der Waals surface area (Å²) < 4.78 is 7.32. The van der Waals surface area contributed by atoms with Crippen molar-refractivity contribution in [3.05, 3.63) is 99.6 Å². The number of aromatic nitrogens is 2. The summed E-state index contributed by atoms with van der Waals surface area (Å²) in [6.07, 6.45) is 1.76. The summed E-state index contributed by atoms with van der Waals surface area (Å²) in [5, 5.41) is 5.68. The van der Waals surface area contributed by atoms with Gasteiger partial charge in [-0.05, 0) is 61.7 Å². The second-order valence-corrected chi connectivity index (χ2v) is 7.66. The van der Waals surface area contributed by atoms with Crippen molar-refractivity contribution < 1.29 is 9.53 Å². The molecule has 0 bridgehead atoms. The van der Waals surface area contributed by atoms with Crippen molar-refractivity contribution in [1.29, 1.82) is 0 Å². The molecule has 2 aromatic carbocycles. The van der Waals surface area contributed by atoms with Gasteiger partial charge in [-0.25, -0.2) is 9.78 Å². The van der Waals surface area contributed by atoms with E-state index in [0.29, 0.717) is 22.8 Å². The molecule has 2 amide bonds. The fourth-order valence-electron chi connectivity index (χ4n) is 3.32. The first-order valence-corrected chi connectivity index (χ1v) is 10.2. The van der Waals surface area contributed by atoms with E-state index in [0.717, 1.165) is 22.4 Å². The van der Waals surface area contributed by atoms with E-state index in [4.69, 9.17) is 4.74 Å². The highest BCUT2D eigenvalue weighted by atomic mass is 16.5. The third-order valence-electron chi connectivity index (χ3n) is 5.19. The zero-order valence-electron chi connectivity index (χ0n) is 18.2. The van der Waals surface area contributed by atoms with Gasteiger partial charge in [0.1, 0.15) is 18.0 Å². The van der Waals surface area contributed by atoms with Crippen LogP contribution in [0.4, 0.5) is 16.2 Å². The molecule has 0 spiro atoms. The van der Waals surface area contributed by atoms with Gasteiger partial charge in [0.25, 0.3) is 5.56 Å². The molecule has 7 heteroatoms. The molecule has 4 aromatic rings. The van der Waals surface area contributed by atoms with E-state index in [1.54, 1.807) is 36.5 Å². The Morgan fingerprint density at radius 2 is 1.81 bits per heavy atom. The quantitative estimate of drug-likeness (QED) is 0.476. The molecule has 2 N–H and O–H groups in total. The Morgan fingerprint density at radius 1 is 1.00 bits per heavy atom. The van der Waals surface area contributed by atoms with E-state index >= 15 is 0 Å². The summed E-state index contributed by atoms with van der Waals surface area (Å²) in [4.78, 5) is 29.2. The van der Waals surface area contributed by atoms with Gasteiger partial charge in [-0.2, -0.15) is 0 Å². The van der Waals surface area contributed by atoms with Gasteiger partial charge >= 0.3 is 6.03 Å². The number of rotatable bonds is 5. The third-order valence-corrected chi connectivity index (χ3v) is 5.19. The van der Waals surface area contributed by atoms with Crippen LogP contribution in [-0.4, -0.2) is 15.4 Å². The summed E-state index contributed by atoms with van der Waals surface area (Å²) >= 11 is 0. The molecule has 7 nitrogen and oxygen atoms in total. The van der Waals surface area contributed by atoms with Gasteiger partial charge in [-0.3, -0.25) is 9.20 Å². The molecule has 0 unspecified atom stereocenters. The van der Waals surface area contributed by atoms with E-state index in [9.17, 15) is 9.59 Å². The minimum absolute atomic E-state index is 0.137. The van der Waals surface area contributed by atoms with Crippen LogP contribution in [0.2, 0.25) is 0 Å². The maximum absolute atomic E-state index is 12.4.